The van der Waals surface area contributed by atoms with E-state index in [9.17, 15) is 14.0 Å². The Bertz CT molecular complexity index is 885. The van der Waals surface area contributed by atoms with Gasteiger partial charge in [0.2, 0.25) is 11.8 Å². The van der Waals surface area contributed by atoms with Crippen molar-refractivity contribution in [3.05, 3.63) is 71.5 Å². The van der Waals surface area contributed by atoms with Gasteiger partial charge in [0.1, 0.15) is 5.82 Å². The quantitative estimate of drug-likeness (QED) is 0.740. The average molecular weight is 426 g/mol. The third-order valence-corrected chi connectivity index (χ3v) is 6.01. The summed E-state index contributed by atoms with van der Waals surface area (Å²) in [6.07, 6.45) is 0.234. The molecule has 2 heterocycles. The van der Waals surface area contributed by atoms with Crippen molar-refractivity contribution in [2.24, 2.45) is 5.92 Å². The number of benzene rings is 2. The van der Waals surface area contributed by atoms with E-state index in [1.54, 1.807) is 17.0 Å². The zero-order valence-corrected chi connectivity index (χ0v) is 17.5. The van der Waals surface area contributed by atoms with Crippen LogP contribution < -0.4 is 5.32 Å². The Labute approximate surface area is 182 Å². The molecule has 2 aromatic rings. The number of rotatable bonds is 7. The fourth-order valence-corrected chi connectivity index (χ4v) is 4.28. The molecule has 0 aromatic heterocycles. The lowest BCUT2D eigenvalue weighted by atomic mass is 10.0. The molecular formula is C24H28FN3O3. The van der Waals surface area contributed by atoms with Gasteiger partial charge in [0.15, 0.2) is 0 Å². The van der Waals surface area contributed by atoms with Crippen molar-refractivity contribution < 1.29 is 18.7 Å². The van der Waals surface area contributed by atoms with Gasteiger partial charge in [-0.3, -0.25) is 14.5 Å². The first-order valence-electron chi connectivity index (χ1n) is 10.8. The standard InChI is InChI=1S/C24H28FN3O3/c25-21-8-6-19(7-9-21)22(27-10-12-31-13-11-27)15-26-24(30)20-14-23(29)28(17-20)16-18-4-2-1-3-5-18/h1-9,20,22H,10-17H2,(H,26,30)/t20-,22+/m1/s1. The monoisotopic (exact) mass is 425 g/mol. The SMILES string of the molecule is O=C(NC[C@@H](c1ccc(F)cc1)N1CCOCC1)[C@@H]1CC(=O)N(Cc2ccccc2)C1. The van der Waals surface area contributed by atoms with Crippen LogP contribution in [0.1, 0.15) is 23.6 Å². The molecule has 0 saturated carbocycles. The van der Waals surface area contributed by atoms with E-state index in [0.29, 0.717) is 32.8 Å². The highest BCUT2D eigenvalue weighted by Gasteiger charge is 2.34. The molecule has 0 aliphatic carbocycles. The Hall–Kier alpha value is -2.77. The Kier molecular flexibility index (Phi) is 6.94. The van der Waals surface area contributed by atoms with Gasteiger partial charge in [-0.15, -0.1) is 0 Å². The van der Waals surface area contributed by atoms with Crippen molar-refractivity contribution in [3.8, 4) is 0 Å². The van der Waals surface area contributed by atoms with Crippen LogP contribution >= 0.6 is 0 Å². The number of nitrogens with one attached hydrogen (secondary N) is 1. The average Bonchev–Trinajstić information content (AvgIpc) is 3.16. The number of morpholine rings is 1. The summed E-state index contributed by atoms with van der Waals surface area (Å²) in [6, 6.07) is 16.2. The van der Waals surface area contributed by atoms with Gasteiger partial charge >= 0.3 is 0 Å². The second kappa shape index (κ2) is 10.0. The molecule has 2 aromatic carbocycles. The third kappa shape index (κ3) is 5.48. The molecule has 2 amide bonds. The lowest BCUT2D eigenvalue weighted by molar-refractivity contribution is -0.129. The van der Waals surface area contributed by atoms with E-state index >= 15 is 0 Å². The molecule has 4 rings (SSSR count). The van der Waals surface area contributed by atoms with Crippen LogP contribution in [0.2, 0.25) is 0 Å². The van der Waals surface area contributed by atoms with Crippen molar-refractivity contribution >= 4 is 11.8 Å². The number of amides is 2. The number of likely N-dealkylation sites (tertiary alicyclic amines) is 1. The predicted molar refractivity (Wildman–Crippen MR) is 115 cm³/mol. The van der Waals surface area contributed by atoms with Crippen LogP contribution in [-0.2, 0) is 20.9 Å². The van der Waals surface area contributed by atoms with E-state index < -0.39 is 0 Å². The highest BCUT2D eigenvalue weighted by Crippen LogP contribution is 2.24. The fraction of sp³-hybridized carbons (Fsp3) is 0.417. The maximum Gasteiger partial charge on any atom is 0.225 e. The van der Waals surface area contributed by atoms with E-state index in [2.05, 4.69) is 10.2 Å². The summed E-state index contributed by atoms with van der Waals surface area (Å²) in [5.41, 5.74) is 2.01. The molecule has 2 saturated heterocycles. The predicted octanol–water partition coefficient (Wildman–Crippen LogP) is 2.36. The molecular weight excluding hydrogens is 397 g/mol. The van der Waals surface area contributed by atoms with Crippen LogP contribution in [-0.4, -0.2) is 61.0 Å². The van der Waals surface area contributed by atoms with Gasteiger partial charge in [-0.25, -0.2) is 4.39 Å². The molecule has 7 heteroatoms. The van der Waals surface area contributed by atoms with Crippen molar-refractivity contribution in [3.63, 3.8) is 0 Å². The molecule has 6 nitrogen and oxygen atoms in total. The van der Waals surface area contributed by atoms with Crippen LogP contribution in [0, 0.1) is 11.7 Å². The molecule has 0 unspecified atom stereocenters. The molecule has 0 bridgehead atoms. The van der Waals surface area contributed by atoms with E-state index in [-0.39, 0.29) is 36.0 Å². The van der Waals surface area contributed by atoms with E-state index in [0.717, 1.165) is 24.2 Å². The second-order valence-electron chi connectivity index (χ2n) is 8.12. The molecule has 2 aliphatic heterocycles. The van der Waals surface area contributed by atoms with Crippen LogP contribution in [0.5, 0.6) is 0 Å². The third-order valence-electron chi connectivity index (χ3n) is 6.01. The molecule has 2 aliphatic rings. The first-order chi connectivity index (χ1) is 15.1. The van der Waals surface area contributed by atoms with Crippen LogP contribution in [0.3, 0.4) is 0 Å². The summed E-state index contributed by atoms with van der Waals surface area (Å²) in [4.78, 5) is 29.3. The summed E-state index contributed by atoms with van der Waals surface area (Å²) in [5, 5.41) is 3.05. The zero-order valence-electron chi connectivity index (χ0n) is 17.5. The number of ether oxygens (including phenoxy) is 1. The summed E-state index contributed by atoms with van der Waals surface area (Å²) in [6.45, 7) is 4.14. The van der Waals surface area contributed by atoms with Crippen molar-refractivity contribution in [2.45, 2.75) is 19.0 Å². The topological polar surface area (TPSA) is 61.9 Å². The smallest absolute Gasteiger partial charge is 0.225 e. The molecule has 2 atom stereocenters. The number of hydrogen-bond donors (Lipinski definition) is 1. The largest absolute Gasteiger partial charge is 0.379 e. The summed E-state index contributed by atoms with van der Waals surface area (Å²) in [5.74, 6) is -0.734. The first-order valence-corrected chi connectivity index (χ1v) is 10.8. The van der Waals surface area contributed by atoms with Crippen LogP contribution in [0.15, 0.2) is 54.6 Å². The second-order valence-corrected chi connectivity index (χ2v) is 8.12. The van der Waals surface area contributed by atoms with E-state index in [1.807, 2.05) is 30.3 Å². The van der Waals surface area contributed by atoms with Crippen molar-refractivity contribution in [1.29, 1.82) is 0 Å². The Morgan fingerprint density at radius 3 is 2.52 bits per heavy atom. The molecule has 0 radical (unpaired) electrons. The van der Waals surface area contributed by atoms with Crippen molar-refractivity contribution in [2.75, 3.05) is 39.4 Å². The maximum atomic E-state index is 13.4. The Morgan fingerprint density at radius 1 is 1.10 bits per heavy atom. The number of hydrogen-bond acceptors (Lipinski definition) is 4. The van der Waals surface area contributed by atoms with Gasteiger partial charge in [0.05, 0.1) is 25.2 Å². The first kappa shape index (κ1) is 21.5. The Morgan fingerprint density at radius 2 is 1.81 bits per heavy atom. The van der Waals surface area contributed by atoms with Gasteiger partial charge in [0.25, 0.3) is 0 Å². The Balaban J connectivity index is 1.37. The number of carbonyl (C=O) groups is 2. The molecule has 1 N–H and O–H groups in total. The van der Waals surface area contributed by atoms with E-state index in [1.165, 1.54) is 12.1 Å². The molecule has 164 valence electrons. The number of nitrogens with zero attached hydrogens (tertiary/aromatic N) is 2. The number of halogens is 1. The van der Waals surface area contributed by atoms with E-state index in [4.69, 9.17) is 4.74 Å². The minimum Gasteiger partial charge on any atom is -0.379 e. The van der Waals surface area contributed by atoms with Gasteiger partial charge in [-0.2, -0.15) is 0 Å². The minimum atomic E-state index is -0.352. The highest BCUT2D eigenvalue weighted by molar-refractivity contribution is 5.89. The maximum absolute atomic E-state index is 13.4. The minimum absolute atomic E-state index is 0.00673. The molecule has 2 fully saturated rings. The molecule has 0 spiro atoms. The normalized spacial score (nSPS) is 20.6. The molecule has 31 heavy (non-hydrogen) atoms. The van der Waals surface area contributed by atoms with Gasteiger partial charge < -0.3 is 15.0 Å². The zero-order chi connectivity index (χ0) is 21.6. The van der Waals surface area contributed by atoms with Crippen molar-refractivity contribution in [1.82, 2.24) is 15.1 Å². The van der Waals surface area contributed by atoms with Crippen LogP contribution in [0.25, 0.3) is 0 Å². The fourth-order valence-electron chi connectivity index (χ4n) is 4.28. The number of carbonyl (C=O) groups excluding carboxylic acids is 2. The van der Waals surface area contributed by atoms with Crippen LogP contribution in [0.4, 0.5) is 4.39 Å². The highest BCUT2D eigenvalue weighted by atomic mass is 19.1. The summed E-state index contributed by atoms with van der Waals surface area (Å²) in [7, 11) is 0. The summed E-state index contributed by atoms with van der Waals surface area (Å²) < 4.78 is 18.9. The lowest BCUT2D eigenvalue weighted by Gasteiger charge is -2.35. The lowest BCUT2D eigenvalue weighted by Crippen LogP contribution is -2.45. The van der Waals surface area contributed by atoms with Gasteiger partial charge in [-0.1, -0.05) is 42.5 Å². The van der Waals surface area contributed by atoms with Gasteiger partial charge in [-0.05, 0) is 23.3 Å². The van der Waals surface area contributed by atoms with Gasteiger partial charge in [0, 0.05) is 39.1 Å². The summed E-state index contributed by atoms with van der Waals surface area (Å²) >= 11 is 0.